The molecule has 1 aromatic carbocycles. The predicted molar refractivity (Wildman–Crippen MR) is 148 cm³/mol. The Kier molecular flexibility index (Phi) is 12.1. The fraction of sp³-hybridized carbons (Fsp3) is 0.556. The van der Waals surface area contributed by atoms with Crippen LogP contribution in [-0.4, -0.2) is 7.37 Å². The maximum absolute atomic E-state index is 2.75. The molecule has 4 heteroatoms. The number of rotatable bonds is 4. The van der Waals surface area contributed by atoms with Crippen molar-refractivity contribution in [2.24, 2.45) is 5.92 Å². The van der Waals surface area contributed by atoms with Gasteiger partial charge in [-0.05, 0) is 0 Å². The van der Waals surface area contributed by atoms with Crippen LogP contribution in [-0.2, 0) is 19.4 Å². The van der Waals surface area contributed by atoms with Gasteiger partial charge in [-0.1, -0.05) is 13.8 Å². The van der Waals surface area contributed by atoms with Gasteiger partial charge in [0.2, 0.25) is 0 Å². The SMILES string of the molecule is CC.CC1=CC(C)[C]([Zr]([CH3])([SiH3])[CH]2C(C)=Cc3c(C(C)C)cc(C(C)C)cc32)=C1C.Cl.Cl. The summed E-state index contributed by atoms with van der Waals surface area (Å²) in [6.07, 6.45) is 5.08. The van der Waals surface area contributed by atoms with Crippen LogP contribution in [0.1, 0.15) is 107 Å². The summed E-state index contributed by atoms with van der Waals surface area (Å²) in [7, 11) is 1.37. The zero-order valence-electron chi connectivity index (χ0n) is 21.9. The van der Waals surface area contributed by atoms with Crippen LogP contribution in [0.25, 0.3) is 6.08 Å². The molecule has 0 nitrogen and oxygen atoms in total. The largest absolute Gasteiger partial charge is 0.147 e. The number of allylic oxidation sites excluding steroid dienone is 5. The molecular weight excluding hydrogens is 515 g/mol. The van der Waals surface area contributed by atoms with Gasteiger partial charge in [-0.2, -0.15) is 0 Å². The molecule has 0 N–H and O–H groups in total. The van der Waals surface area contributed by atoms with E-state index in [9.17, 15) is 0 Å². The van der Waals surface area contributed by atoms with Crippen molar-refractivity contribution in [3.8, 4) is 0 Å². The number of hydrogen-bond acceptors (Lipinski definition) is 0. The van der Waals surface area contributed by atoms with E-state index in [0.717, 1.165) is 3.63 Å². The predicted octanol–water partition coefficient (Wildman–Crippen LogP) is 8.61. The second-order valence-corrected chi connectivity index (χ2v) is 33.6. The summed E-state index contributed by atoms with van der Waals surface area (Å²) in [6.45, 7) is 23.0. The number of benzene rings is 1. The Morgan fingerprint density at radius 3 is 1.90 bits per heavy atom. The van der Waals surface area contributed by atoms with Crippen LogP contribution in [0.15, 0.2) is 38.2 Å². The summed E-state index contributed by atoms with van der Waals surface area (Å²) in [6, 6.07) is 5.08. The molecule has 2 aliphatic rings. The Balaban J connectivity index is 0.00000219. The quantitative estimate of drug-likeness (QED) is 0.323. The van der Waals surface area contributed by atoms with E-state index >= 15 is 0 Å². The fourth-order valence-electron chi connectivity index (χ4n) is 5.82. The summed E-state index contributed by atoms with van der Waals surface area (Å²) >= 11 is -2.46. The molecule has 0 aliphatic heterocycles. The summed E-state index contributed by atoms with van der Waals surface area (Å²) in [5.74, 6) is 1.85. The number of hydrogen-bond donors (Lipinski definition) is 0. The van der Waals surface area contributed by atoms with E-state index in [1.807, 2.05) is 17.1 Å². The Hall–Kier alpha value is 0.120. The second-order valence-electron chi connectivity index (χ2n) is 10.1. The van der Waals surface area contributed by atoms with E-state index in [2.05, 4.69) is 84.3 Å². The topological polar surface area (TPSA) is 0 Å². The van der Waals surface area contributed by atoms with Crippen molar-refractivity contribution < 1.29 is 19.4 Å². The van der Waals surface area contributed by atoms with Gasteiger partial charge in [0.15, 0.2) is 0 Å². The van der Waals surface area contributed by atoms with Gasteiger partial charge in [0.25, 0.3) is 0 Å². The standard InChI is InChI=1S/C16H21.C8H11.C2H6.CH3.2ClH.H3Si.Zr/c1-10(2)13-8-14-6-12(5)7-16(14)15(9-13)11(3)4;1-6-4-7(2)8(3)5-6;1-2;;;;;/h6-11H,1-5H3;4,6H,1-3H3;1-2H3;1H3;2*1H;1H3;. The molecule has 0 amide bonds. The van der Waals surface area contributed by atoms with Gasteiger partial charge in [0, 0.05) is 0 Å². The van der Waals surface area contributed by atoms with Crippen molar-refractivity contribution in [1.82, 2.24) is 0 Å². The second kappa shape index (κ2) is 12.0. The van der Waals surface area contributed by atoms with E-state index in [4.69, 9.17) is 0 Å². The normalized spacial score (nSPS) is 21.6. The molecule has 0 heterocycles. The third-order valence-electron chi connectivity index (χ3n) is 7.06. The molecule has 3 rings (SSSR count). The Morgan fingerprint density at radius 2 is 1.48 bits per heavy atom. The Bertz CT molecular complexity index is 875. The van der Waals surface area contributed by atoms with Crippen molar-refractivity contribution in [1.29, 1.82) is 0 Å². The summed E-state index contributed by atoms with van der Waals surface area (Å²) in [4.78, 5) is 0. The molecule has 0 bridgehead atoms. The van der Waals surface area contributed by atoms with Crippen molar-refractivity contribution in [2.45, 2.75) is 89.3 Å². The first-order valence-electron chi connectivity index (χ1n) is 11.7. The molecule has 0 saturated heterocycles. The Morgan fingerprint density at radius 1 is 0.935 bits per heavy atom. The zero-order chi connectivity index (χ0) is 22.3. The number of fused-ring (bicyclic) bond motifs is 1. The zero-order valence-corrected chi connectivity index (χ0v) is 28.0. The molecule has 31 heavy (non-hydrogen) atoms. The van der Waals surface area contributed by atoms with E-state index < -0.39 is 19.4 Å². The minimum atomic E-state index is -2.46. The molecule has 3 unspecified atom stereocenters. The van der Waals surface area contributed by atoms with Gasteiger partial charge in [-0.25, -0.2) is 0 Å². The van der Waals surface area contributed by atoms with Gasteiger partial charge in [-0.15, -0.1) is 24.8 Å². The molecular formula is C27H46Cl2SiZr. The molecule has 0 radical (unpaired) electrons. The third-order valence-corrected chi connectivity index (χ3v) is 24.5. The minimum absolute atomic E-state index is 0. The van der Waals surface area contributed by atoms with Gasteiger partial charge >= 0.3 is 175 Å². The van der Waals surface area contributed by atoms with Crippen molar-refractivity contribution in [2.75, 3.05) is 0 Å². The van der Waals surface area contributed by atoms with Crippen LogP contribution in [0.2, 0.25) is 4.63 Å². The van der Waals surface area contributed by atoms with Crippen LogP contribution in [0.3, 0.4) is 0 Å². The first kappa shape index (κ1) is 31.1. The molecule has 0 spiro atoms. The third kappa shape index (κ3) is 5.79. The first-order valence-corrected chi connectivity index (χ1v) is 25.2. The molecule has 176 valence electrons. The van der Waals surface area contributed by atoms with Crippen LogP contribution in [0, 0.1) is 5.92 Å². The van der Waals surface area contributed by atoms with Gasteiger partial charge in [0.1, 0.15) is 0 Å². The van der Waals surface area contributed by atoms with Crippen LogP contribution < -0.4 is 0 Å². The van der Waals surface area contributed by atoms with Crippen LogP contribution in [0.5, 0.6) is 0 Å². The summed E-state index contributed by atoms with van der Waals surface area (Å²) in [5.41, 5.74) is 11.2. The average molecular weight is 561 g/mol. The fourth-order valence-corrected chi connectivity index (χ4v) is 27.5. The maximum atomic E-state index is 2.75. The van der Waals surface area contributed by atoms with Gasteiger partial charge < -0.3 is 0 Å². The molecule has 2 aliphatic carbocycles. The van der Waals surface area contributed by atoms with E-state index in [0.29, 0.717) is 17.8 Å². The monoisotopic (exact) mass is 558 g/mol. The van der Waals surface area contributed by atoms with E-state index in [1.54, 1.807) is 27.8 Å². The first-order chi connectivity index (χ1) is 13.5. The van der Waals surface area contributed by atoms with Crippen LogP contribution in [0.4, 0.5) is 0 Å². The smallest absolute Gasteiger partial charge is 0.147 e. The molecule has 1 aromatic rings. The number of halogens is 2. The van der Waals surface area contributed by atoms with Crippen molar-refractivity contribution in [3.63, 3.8) is 0 Å². The van der Waals surface area contributed by atoms with Crippen molar-refractivity contribution >= 4 is 38.3 Å². The van der Waals surface area contributed by atoms with Crippen LogP contribution >= 0.6 is 24.8 Å². The summed E-state index contributed by atoms with van der Waals surface area (Å²) < 4.78 is 5.39. The molecule has 3 atom stereocenters. The maximum Gasteiger partial charge on any atom is -0.147 e. The molecule has 0 fully saturated rings. The Labute approximate surface area is 212 Å². The average Bonchev–Trinajstić information content (AvgIpc) is 3.10. The van der Waals surface area contributed by atoms with Gasteiger partial charge in [0.05, 0.1) is 0 Å². The minimum Gasteiger partial charge on any atom is -0.147 e. The molecule has 0 saturated carbocycles. The van der Waals surface area contributed by atoms with E-state index in [1.165, 1.54) is 18.5 Å². The molecule has 0 aromatic heterocycles. The van der Waals surface area contributed by atoms with Gasteiger partial charge in [-0.3, -0.25) is 0 Å². The summed E-state index contributed by atoms with van der Waals surface area (Å²) in [5, 5.41) is 0. The van der Waals surface area contributed by atoms with E-state index in [-0.39, 0.29) is 24.8 Å². The van der Waals surface area contributed by atoms with Crippen molar-refractivity contribution in [3.05, 3.63) is 60.5 Å².